The number of pyridine rings is 1. The second kappa shape index (κ2) is 8.26. The van der Waals surface area contributed by atoms with Crippen molar-refractivity contribution in [2.75, 3.05) is 10.6 Å². The maximum absolute atomic E-state index is 13.8. The maximum Gasteiger partial charge on any atom is 0.416 e. The first kappa shape index (κ1) is 20.2. The molecular formula is C20H14F5N3O. The number of hydrogen-bond acceptors (Lipinski definition) is 3. The number of anilines is 2. The van der Waals surface area contributed by atoms with Crippen LogP contribution in [0.5, 0.6) is 0 Å². The summed E-state index contributed by atoms with van der Waals surface area (Å²) in [6, 6.07) is 10.4. The van der Waals surface area contributed by atoms with Crippen molar-refractivity contribution in [1.29, 1.82) is 0 Å². The molecule has 1 aromatic heterocycles. The molecule has 1 heterocycles. The molecule has 2 aromatic carbocycles. The minimum Gasteiger partial charge on any atom is -0.365 e. The van der Waals surface area contributed by atoms with Crippen LogP contribution in [0, 0.1) is 11.6 Å². The van der Waals surface area contributed by atoms with Crippen LogP contribution >= 0.6 is 0 Å². The van der Waals surface area contributed by atoms with Crippen molar-refractivity contribution in [3.63, 3.8) is 0 Å². The Hall–Kier alpha value is -3.49. The van der Waals surface area contributed by atoms with Crippen molar-refractivity contribution in [1.82, 2.24) is 4.98 Å². The van der Waals surface area contributed by atoms with E-state index in [4.69, 9.17) is 0 Å². The molecule has 0 aliphatic heterocycles. The van der Waals surface area contributed by atoms with Gasteiger partial charge in [0.2, 0.25) is 0 Å². The lowest BCUT2D eigenvalue weighted by Gasteiger charge is -2.13. The second-order valence-corrected chi connectivity index (χ2v) is 5.99. The number of carbonyl (C=O) groups excluding carboxylic acids is 1. The van der Waals surface area contributed by atoms with Gasteiger partial charge in [-0.05, 0) is 42.5 Å². The maximum atomic E-state index is 13.8. The molecule has 0 unspecified atom stereocenters. The van der Waals surface area contributed by atoms with E-state index in [2.05, 4.69) is 15.6 Å². The predicted molar refractivity (Wildman–Crippen MR) is 97.3 cm³/mol. The number of alkyl halides is 3. The molecule has 3 aromatic rings. The minimum atomic E-state index is -4.55. The van der Waals surface area contributed by atoms with E-state index in [-0.39, 0.29) is 29.2 Å². The van der Waals surface area contributed by atoms with E-state index in [0.29, 0.717) is 0 Å². The summed E-state index contributed by atoms with van der Waals surface area (Å²) in [7, 11) is 0. The van der Waals surface area contributed by atoms with E-state index in [0.717, 1.165) is 24.3 Å². The van der Waals surface area contributed by atoms with Gasteiger partial charge >= 0.3 is 6.18 Å². The molecular weight excluding hydrogens is 393 g/mol. The first-order chi connectivity index (χ1) is 13.8. The molecule has 29 heavy (non-hydrogen) atoms. The number of carbonyl (C=O) groups is 1. The molecule has 0 bridgehead atoms. The van der Waals surface area contributed by atoms with Crippen LogP contribution < -0.4 is 10.6 Å². The summed E-state index contributed by atoms with van der Waals surface area (Å²) >= 11 is 0. The zero-order valence-corrected chi connectivity index (χ0v) is 14.7. The normalized spacial score (nSPS) is 11.2. The van der Waals surface area contributed by atoms with E-state index >= 15 is 0 Å². The number of aromatic nitrogens is 1. The van der Waals surface area contributed by atoms with Gasteiger partial charge in [0.1, 0.15) is 17.5 Å². The van der Waals surface area contributed by atoms with Crippen molar-refractivity contribution >= 4 is 17.4 Å². The van der Waals surface area contributed by atoms with Gasteiger partial charge < -0.3 is 10.6 Å². The number of nitrogens with one attached hydrogen (secondary N) is 2. The quantitative estimate of drug-likeness (QED) is 0.569. The number of hydrogen-bond donors (Lipinski definition) is 2. The Morgan fingerprint density at radius 3 is 2.34 bits per heavy atom. The van der Waals surface area contributed by atoms with Crippen LogP contribution in [-0.4, -0.2) is 10.9 Å². The molecule has 0 aliphatic carbocycles. The number of rotatable bonds is 5. The van der Waals surface area contributed by atoms with Crippen molar-refractivity contribution in [2.24, 2.45) is 0 Å². The molecule has 150 valence electrons. The standard InChI is InChI=1S/C20H14F5N3O/c21-16-7-2-8-17(22)15(16)11-27-18-14(6-3-9-26-18)19(29)28-13-5-1-4-12(10-13)20(23,24)25/h1-10H,11H2,(H,26,27)(H,28,29). The third kappa shape index (κ3) is 4.87. The highest BCUT2D eigenvalue weighted by Gasteiger charge is 2.30. The summed E-state index contributed by atoms with van der Waals surface area (Å²) in [4.78, 5) is 16.5. The van der Waals surface area contributed by atoms with E-state index in [1.807, 2.05) is 0 Å². The summed E-state index contributed by atoms with van der Waals surface area (Å²) < 4.78 is 66.0. The van der Waals surface area contributed by atoms with Crippen molar-refractivity contribution in [3.05, 3.63) is 89.1 Å². The summed E-state index contributed by atoms with van der Waals surface area (Å²) in [5.74, 6) is -2.22. The zero-order chi connectivity index (χ0) is 21.0. The topological polar surface area (TPSA) is 54.0 Å². The van der Waals surface area contributed by atoms with Crippen LogP contribution in [0.2, 0.25) is 0 Å². The Morgan fingerprint density at radius 2 is 1.66 bits per heavy atom. The van der Waals surface area contributed by atoms with Crippen LogP contribution in [0.15, 0.2) is 60.8 Å². The molecule has 0 saturated carbocycles. The summed E-state index contributed by atoms with van der Waals surface area (Å²) in [5, 5.41) is 5.05. The molecule has 2 N–H and O–H groups in total. The van der Waals surface area contributed by atoms with Gasteiger partial charge in [0, 0.05) is 24.0 Å². The lowest BCUT2D eigenvalue weighted by molar-refractivity contribution is -0.137. The second-order valence-electron chi connectivity index (χ2n) is 5.99. The van der Waals surface area contributed by atoms with Gasteiger partial charge in [-0.15, -0.1) is 0 Å². The molecule has 3 rings (SSSR count). The van der Waals surface area contributed by atoms with Gasteiger partial charge in [0.05, 0.1) is 11.1 Å². The smallest absolute Gasteiger partial charge is 0.365 e. The van der Waals surface area contributed by atoms with Crippen molar-refractivity contribution < 1.29 is 26.7 Å². The molecule has 0 spiro atoms. The lowest BCUT2D eigenvalue weighted by Crippen LogP contribution is -2.16. The van der Waals surface area contributed by atoms with Crippen LogP contribution in [-0.2, 0) is 12.7 Å². The predicted octanol–water partition coefficient (Wildman–Crippen LogP) is 5.24. The molecule has 0 aliphatic rings. The van der Waals surface area contributed by atoms with E-state index in [9.17, 15) is 26.7 Å². The third-order valence-corrected chi connectivity index (χ3v) is 3.99. The molecule has 0 saturated heterocycles. The van der Waals surface area contributed by atoms with Gasteiger partial charge in [0.15, 0.2) is 0 Å². The Bertz CT molecular complexity index is 1020. The third-order valence-electron chi connectivity index (χ3n) is 3.99. The van der Waals surface area contributed by atoms with Crippen molar-refractivity contribution in [3.8, 4) is 0 Å². The highest BCUT2D eigenvalue weighted by Crippen LogP contribution is 2.31. The fraction of sp³-hybridized carbons (Fsp3) is 0.100. The number of benzene rings is 2. The van der Waals surface area contributed by atoms with Crippen LogP contribution in [0.3, 0.4) is 0 Å². The number of amides is 1. The molecule has 4 nitrogen and oxygen atoms in total. The zero-order valence-electron chi connectivity index (χ0n) is 14.7. The molecule has 1 amide bonds. The number of halogens is 5. The first-order valence-corrected chi connectivity index (χ1v) is 8.36. The van der Waals surface area contributed by atoms with Gasteiger partial charge in [-0.1, -0.05) is 12.1 Å². The highest BCUT2D eigenvalue weighted by molar-refractivity contribution is 6.07. The Morgan fingerprint density at radius 1 is 0.966 bits per heavy atom. The molecule has 9 heteroatoms. The highest BCUT2D eigenvalue weighted by atomic mass is 19.4. The van der Waals surface area contributed by atoms with Gasteiger partial charge in [-0.25, -0.2) is 13.8 Å². The minimum absolute atomic E-state index is 0.00154. The Kier molecular flexibility index (Phi) is 5.76. The van der Waals surface area contributed by atoms with Gasteiger partial charge in [-0.3, -0.25) is 4.79 Å². The summed E-state index contributed by atoms with van der Waals surface area (Å²) in [6.07, 6.45) is -3.19. The van der Waals surface area contributed by atoms with E-state index in [1.54, 1.807) is 0 Å². The average Bonchev–Trinajstić information content (AvgIpc) is 2.67. The van der Waals surface area contributed by atoms with Crippen LogP contribution in [0.4, 0.5) is 33.5 Å². The fourth-order valence-corrected chi connectivity index (χ4v) is 2.57. The van der Waals surface area contributed by atoms with Crippen molar-refractivity contribution in [2.45, 2.75) is 12.7 Å². The van der Waals surface area contributed by atoms with Gasteiger partial charge in [-0.2, -0.15) is 13.2 Å². The Labute approximate surface area is 162 Å². The molecule has 0 fully saturated rings. The average molecular weight is 407 g/mol. The SMILES string of the molecule is O=C(Nc1cccc(C(F)(F)F)c1)c1cccnc1NCc1c(F)cccc1F. The first-order valence-electron chi connectivity index (χ1n) is 8.36. The van der Waals surface area contributed by atoms with Crippen LogP contribution in [0.25, 0.3) is 0 Å². The van der Waals surface area contributed by atoms with E-state index < -0.39 is 29.3 Å². The monoisotopic (exact) mass is 407 g/mol. The van der Waals surface area contributed by atoms with Gasteiger partial charge in [0.25, 0.3) is 5.91 Å². The van der Waals surface area contributed by atoms with E-state index in [1.165, 1.54) is 36.5 Å². The molecule has 0 atom stereocenters. The fourth-order valence-electron chi connectivity index (χ4n) is 2.57. The summed E-state index contributed by atoms with van der Waals surface area (Å²) in [5.41, 5.74) is -1.20. The lowest BCUT2D eigenvalue weighted by atomic mass is 10.1. The summed E-state index contributed by atoms with van der Waals surface area (Å²) in [6.45, 7) is -0.278. The van der Waals surface area contributed by atoms with Crippen LogP contribution in [0.1, 0.15) is 21.5 Å². The number of nitrogens with zero attached hydrogens (tertiary/aromatic N) is 1. The molecule has 0 radical (unpaired) electrons. The largest absolute Gasteiger partial charge is 0.416 e. The Balaban J connectivity index is 1.79.